The molecule has 1 fully saturated rings. The molecule has 2 rings (SSSR count). The lowest BCUT2D eigenvalue weighted by Gasteiger charge is -2.20. The molecule has 4 nitrogen and oxygen atoms in total. The Bertz CT molecular complexity index is 444. The zero-order valence-electron chi connectivity index (χ0n) is 11.4. The van der Waals surface area contributed by atoms with Crippen LogP contribution in [0, 0.1) is 5.92 Å². The smallest absolute Gasteiger partial charge is 0.248 e. The van der Waals surface area contributed by atoms with Crippen LogP contribution in [0.2, 0.25) is 0 Å². The van der Waals surface area contributed by atoms with Crippen LogP contribution in [0.3, 0.4) is 0 Å². The Balaban J connectivity index is 1.65. The molecule has 108 valence electrons. The average molecular weight is 292 g/mol. The van der Waals surface area contributed by atoms with E-state index in [2.05, 4.69) is 10.9 Å². The van der Waals surface area contributed by atoms with Crippen molar-refractivity contribution in [3.05, 3.63) is 30.3 Å². The summed E-state index contributed by atoms with van der Waals surface area (Å²) >= 11 is 1.45. The number of carbonyl (C=O) groups excluding carboxylic acids is 2. The highest BCUT2D eigenvalue weighted by Gasteiger charge is 2.21. The van der Waals surface area contributed by atoms with E-state index in [0.717, 1.165) is 30.6 Å². The maximum absolute atomic E-state index is 11.8. The molecular weight excluding hydrogens is 272 g/mol. The van der Waals surface area contributed by atoms with Crippen molar-refractivity contribution in [3.63, 3.8) is 0 Å². The number of nitrogens with one attached hydrogen (secondary N) is 2. The molecule has 20 heavy (non-hydrogen) atoms. The number of hydrogen-bond acceptors (Lipinski definition) is 3. The third-order valence-electron chi connectivity index (χ3n) is 3.41. The Morgan fingerprint density at radius 1 is 1.05 bits per heavy atom. The van der Waals surface area contributed by atoms with E-state index in [-0.39, 0.29) is 17.7 Å². The number of rotatable bonds is 4. The highest BCUT2D eigenvalue weighted by molar-refractivity contribution is 8.00. The second-order valence-corrected chi connectivity index (χ2v) is 6.02. The molecule has 2 amide bonds. The number of hydrazine groups is 1. The summed E-state index contributed by atoms with van der Waals surface area (Å²) in [6, 6.07) is 9.72. The summed E-state index contributed by atoms with van der Waals surface area (Å²) < 4.78 is 0. The summed E-state index contributed by atoms with van der Waals surface area (Å²) in [4.78, 5) is 24.5. The lowest BCUT2D eigenvalue weighted by atomic mass is 9.89. The van der Waals surface area contributed by atoms with Gasteiger partial charge in [0.25, 0.3) is 0 Å². The molecule has 0 aliphatic heterocycles. The number of thioether (sulfide) groups is 1. The first kappa shape index (κ1) is 14.9. The van der Waals surface area contributed by atoms with Crippen LogP contribution in [0.4, 0.5) is 0 Å². The van der Waals surface area contributed by atoms with E-state index in [1.165, 1.54) is 18.2 Å². The average Bonchev–Trinajstić information content (AvgIpc) is 2.52. The van der Waals surface area contributed by atoms with Gasteiger partial charge in [-0.3, -0.25) is 20.4 Å². The quantitative estimate of drug-likeness (QED) is 0.662. The van der Waals surface area contributed by atoms with Crippen molar-refractivity contribution in [2.45, 2.75) is 37.0 Å². The molecule has 1 aliphatic rings. The molecule has 0 unspecified atom stereocenters. The summed E-state index contributed by atoms with van der Waals surface area (Å²) in [5.41, 5.74) is 5.03. The van der Waals surface area contributed by atoms with Gasteiger partial charge in [-0.2, -0.15) is 0 Å². The van der Waals surface area contributed by atoms with E-state index in [4.69, 9.17) is 0 Å². The predicted octanol–water partition coefficient (Wildman–Crippen LogP) is 2.51. The highest BCUT2D eigenvalue weighted by Crippen LogP contribution is 2.23. The van der Waals surface area contributed by atoms with Crippen LogP contribution in [-0.4, -0.2) is 17.6 Å². The number of hydrogen-bond donors (Lipinski definition) is 2. The summed E-state index contributed by atoms with van der Waals surface area (Å²) in [6.07, 6.45) is 5.29. The van der Waals surface area contributed by atoms with Gasteiger partial charge in [0.2, 0.25) is 11.8 Å². The monoisotopic (exact) mass is 292 g/mol. The third kappa shape index (κ3) is 4.89. The van der Waals surface area contributed by atoms with E-state index in [9.17, 15) is 9.59 Å². The lowest BCUT2D eigenvalue weighted by molar-refractivity contribution is -0.131. The van der Waals surface area contributed by atoms with E-state index < -0.39 is 0 Å². The summed E-state index contributed by atoms with van der Waals surface area (Å²) in [5, 5.41) is 0. The van der Waals surface area contributed by atoms with Gasteiger partial charge in [-0.1, -0.05) is 37.5 Å². The SMILES string of the molecule is O=C(CSc1ccccc1)NNC(=O)C1CCCCC1. The highest BCUT2D eigenvalue weighted by atomic mass is 32.2. The Kier molecular flexibility index (Phi) is 5.92. The van der Waals surface area contributed by atoms with Crippen molar-refractivity contribution in [1.29, 1.82) is 0 Å². The van der Waals surface area contributed by atoms with Crippen molar-refractivity contribution in [2.75, 3.05) is 5.75 Å². The summed E-state index contributed by atoms with van der Waals surface area (Å²) in [7, 11) is 0. The largest absolute Gasteiger partial charge is 0.273 e. The summed E-state index contributed by atoms with van der Waals surface area (Å²) in [5.74, 6) is 0.131. The minimum Gasteiger partial charge on any atom is -0.273 e. The minimum atomic E-state index is -0.178. The van der Waals surface area contributed by atoms with Crippen LogP contribution in [0.25, 0.3) is 0 Å². The topological polar surface area (TPSA) is 58.2 Å². The van der Waals surface area contributed by atoms with Crippen molar-refractivity contribution >= 4 is 23.6 Å². The molecule has 0 bridgehead atoms. The van der Waals surface area contributed by atoms with Gasteiger partial charge in [0.15, 0.2) is 0 Å². The fourth-order valence-corrected chi connectivity index (χ4v) is 3.02. The van der Waals surface area contributed by atoms with Crippen molar-refractivity contribution in [3.8, 4) is 0 Å². The molecule has 1 aliphatic carbocycles. The predicted molar refractivity (Wildman–Crippen MR) is 80.0 cm³/mol. The third-order valence-corrected chi connectivity index (χ3v) is 4.43. The van der Waals surface area contributed by atoms with Gasteiger partial charge in [0.05, 0.1) is 5.75 Å². The standard InChI is InChI=1S/C15H20N2O2S/c18-14(11-20-13-9-5-2-6-10-13)16-17-15(19)12-7-3-1-4-8-12/h2,5-6,9-10,12H,1,3-4,7-8,11H2,(H,16,18)(H,17,19). The molecule has 1 aromatic carbocycles. The molecule has 0 radical (unpaired) electrons. The number of benzene rings is 1. The lowest BCUT2D eigenvalue weighted by Crippen LogP contribution is -2.45. The molecule has 0 atom stereocenters. The fraction of sp³-hybridized carbons (Fsp3) is 0.467. The van der Waals surface area contributed by atoms with E-state index >= 15 is 0 Å². The molecule has 1 aromatic rings. The van der Waals surface area contributed by atoms with Crippen LogP contribution < -0.4 is 10.9 Å². The van der Waals surface area contributed by atoms with Crippen LogP contribution in [0.1, 0.15) is 32.1 Å². The maximum atomic E-state index is 11.8. The molecule has 0 saturated heterocycles. The second kappa shape index (κ2) is 7.94. The van der Waals surface area contributed by atoms with Gasteiger partial charge in [0, 0.05) is 10.8 Å². The van der Waals surface area contributed by atoms with E-state index in [1.807, 2.05) is 30.3 Å². The molecule has 2 N–H and O–H groups in total. The first-order valence-corrected chi connectivity index (χ1v) is 8.01. The normalized spacial score (nSPS) is 15.6. The Morgan fingerprint density at radius 3 is 2.45 bits per heavy atom. The first-order chi connectivity index (χ1) is 9.75. The second-order valence-electron chi connectivity index (χ2n) is 4.97. The Morgan fingerprint density at radius 2 is 1.75 bits per heavy atom. The molecule has 0 spiro atoms. The van der Waals surface area contributed by atoms with Gasteiger partial charge in [-0.05, 0) is 25.0 Å². The molecule has 1 saturated carbocycles. The zero-order chi connectivity index (χ0) is 14.2. The van der Waals surface area contributed by atoms with Crippen LogP contribution in [0.5, 0.6) is 0 Å². The van der Waals surface area contributed by atoms with Gasteiger partial charge in [-0.25, -0.2) is 0 Å². The Hall–Kier alpha value is -1.49. The van der Waals surface area contributed by atoms with Crippen LogP contribution in [0.15, 0.2) is 35.2 Å². The number of amides is 2. The zero-order valence-corrected chi connectivity index (χ0v) is 12.2. The number of carbonyl (C=O) groups is 2. The van der Waals surface area contributed by atoms with Crippen molar-refractivity contribution in [2.24, 2.45) is 5.92 Å². The van der Waals surface area contributed by atoms with E-state index in [1.54, 1.807) is 0 Å². The fourth-order valence-electron chi connectivity index (χ4n) is 2.30. The van der Waals surface area contributed by atoms with Gasteiger partial charge >= 0.3 is 0 Å². The van der Waals surface area contributed by atoms with Gasteiger partial charge < -0.3 is 0 Å². The minimum absolute atomic E-state index is 0.0530. The molecule has 0 aromatic heterocycles. The maximum Gasteiger partial charge on any atom is 0.248 e. The Labute approximate surface area is 123 Å². The van der Waals surface area contributed by atoms with Crippen LogP contribution >= 0.6 is 11.8 Å². The van der Waals surface area contributed by atoms with Gasteiger partial charge in [0.1, 0.15) is 0 Å². The van der Waals surface area contributed by atoms with E-state index in [0.29, 0.717) is 5.75 Å². The van der Waals surface area contributed by atoms with Crippen LogP contribution in [-0.2, 0) is 9.59 Å². The first-order valence-electron chi connectivity index (χ1n) is 7.02. The van der Waals surface area contributed by atoms with Crippen molar-refractivity contribution < 1.29 is 9.59 Å². The molecule has 0 heterocycles. The molecule has 5 heteroatoms. The van der Waals surface area contributed by atoms with Gasteiger partial charge in [-0.15, -0.1) is 11.8 Å². The molecular formula is C15H20N2O2S. The van der Waals surface area contributed by atoms with Crippen molar-refractivity contribution in [1.82, 2.24) is 10.9 Å². The summed E-state index contributed by atoms with van der Waals surface area (Å²) in [6.45, 7) is 0.